The van der Waals surface area contributed by atoms with Crippen LogP contribution < -0.4 is 0 Å². The van der Waals surface area contributed by atoms with Gasteiger partial charge in [-0.15, -0.1) is 0 Å². The fourth-order valence-corrected chi connectivity index (χ4v) is 4.56. The quantitative estimate of drug-likeness (QED) is 0.483. The highest BCUT2D eigenvalue weighted by Crippen LogP contribution is 2.34. The second-order valence-electron chi connectivity index (χ2n) is 4.31. The number of nitrogens with zero attached hydrogens (tertiary/aromatic N) is 1. The normalized spacial score (nSPS) is 12.0. The van der Waals surface area contributed by atoms with Gasteiger partial charge >= 0.3 is 0 Å². The Labute approximate surface area is 130 Å². The molecular formula is C12H8NO8S2-. The lowest BCUT2D eigenvalue weighted by atomic mass is 10.3. The Kier molecular flexibility index (Phi) is 4.11. The third kappa shape index (κ3) is 3.16. The van der Waals surface area contributed by atoms with Crippen LogP contribution in [-0.2, 0) is 20.0 Å². The molecule has 0 atom stereocenters. The molecule has 0 radical (unpaired) electrons. The Hall–Kier alpha value is -2.50. The van der Waals surface area contributed by atoms with Gasteiger partial charge in [-0.05, 0) is 18.2 Å². The summed E-state index contributed by atoms with van der Waals surface area (Å²) in [6, 6.07) is 6.25. The van der Waals surface area contributed by atoms with Gasteiger partial charge in [0.05, 0.1) is 14.7 Å². The molecule has 0 aliphatic heterocycles. The lowest BCUT2D eigenvalue weighted by molar-refractivity contribution is -0.387. The standard InChI is InChI=1S/C12H9NO8S2/c14-8-5-6-11(23(19,20)21)12(7-8)22(17,18)10-4-2-1-3-9(10)13(15)16/h1-7,14H,(H,19,20,21)/p-1. The highest BCUT2D eigenvalue weighted by Gasteiger charge is 2.30. The maximum absolute atomic E-state index is 12.6. The fourth-order valence-electron chi connectivity index (χ4n) is 1.87. The molecule has 0 heterocycles. The van der Waals surface area contributed by atoms with E-state index in [4.69, 9.17) is 0 Å². The molecule has 122 valence electrons. The third-order valence-corrected chi connectivity index (χ3v) is 5.70. The number of hydrogen-bond donors (Lipinski definition) is 1. The molecule has 23 heavy (non-hydrogen) atoms. The van der Waals surface area contributed by atoms with Crippen LogP contribution in [-0.4, -0.2) is 31.4 Å². The minimum atomic E-state index is -5.18. The maximum atomic E-state index is 12.6. The predicted molar refractivity (Wildman–Crippen MR) is 74.6 cm³/mol. The molecule has 0 aliphatic carbocycles. The first-order valence-electron chi connectivity index (χ1n) is 5.82. The summed E-state index contributed by atoms with van der Waals surface area (Å²) in [5.41, 5.74) is -0.787. The number of nitro benzene ring substituents is 1. The average Bonchev–Trinajstić information content (AvgIpc) is 2.45. The topological polar surface area (TPSA) is 155 Å². The van der Waals surface area contributed by atoms with Crippen molar-refractivity contribution in [2.24, 2.45) is 0 Å². The molecule has 0 saturated heterocycles. The Bertz CT molecular complexity index is 995. The van der Waals surface area contributed by atoms with Crippen LogP contribution in [0.1, 0.15) is 0 Å². The molecule has 0 fully saturated rings. The van der Waals surface area contributed by atoms with Gasteiger partial charge in [-0.1, -0.05) is 12.1 Å². The van der Waals surface area contributed by atoms with E-state index in [9.17, 15) is 36.6 Å². The zero-order valence-electron chi connectivity index (χ0n) is 11.1. The van der Waals surface area contributed by atoms with E-state index in [1.54, 1.807) is 0 Å². The van der Waals surface area contributed by atoms with E-state index < -0.39 is 51.0 Å². The molecule has 2 aromatic rings. The zero-order chi connectivity index (χ0) is 17.4. The minimum Gasteiger partial charge on any atom is -0.744 e. The molecule has 0 aliphatic rings. The lowest BCUT2D eigenvalue weighted by Gasteiger charge is -2.13. The van der Waals surface area contributed by atoms with Crippen molar-refractivity contribution in [1.82, 2.24) is 0 Å². The van der Waals surface area contributed by atoms with Crippen LogP contribution in [0.25, 0.3) is 0 Å². The molecule has 0 saturated carbocycles. The van der Waals surface area contributed by atoms with Crippen molar-refractivity contribution >= 4 is 25.6 Å². The molecule has 9 nitrogen and oxygen atoms in total. The van der Waals surface area contributed by atoms with E-state index in [0.717, 1.165) is 18.2 Å². The van der Waals surface area contributed by atoms with Gasteiger partial charge in [0.1, 0.15) is 20.8 Å². The van der Waals surface area contributed by atoms with Crippen molar-refractivity contribution < 1.29 is 31.4 Å². The number of phenolic OH excluding ortho intramolecular Hbond substituents is 1. The second-order valence-corrected chi connectivity index (χ2v) is 7.55. The maximum Gasteiger partial charge on any atom is 0.288 e. The molecule has 0 amide bonds. The van der Waals surface area contributed by atoms with Gasteiger partial charge in [0.15, 0.2) is 0 Å². The van der Waals surface area contributed by atoms with E-state index in [2.05, 4.69) is 0 Å². The molecular weight excluding hydrogens is 350 g/mol. The summed E-state index contributed by atoms with van der Waals surface area (Å²) in [5.74, 6) is -0.616. The van der Waals surface area contributed by atoms with Crippen LogP contribution in [0.2, 0.25) is 0 Å². The van der Waals surface area contributed by atoms with Crippen LogP contribution in [0.5, 0.6) is 5.75 Å². The van der Waals surface area contributed by atoms with Crippen molar-refractivity contribution in [2.75, 3.05) is 0 Å². The van der Waals surface area contributed by atoms with Crippen molar-refractivity contribution in [1.29, 1.82) is 0 Å². The molecule has 0 unspecified atom stereocenters. The SMILES string of the molecule is O=[N+]([O-])c1ccccc1S(=O)(=O)c1cc(O)ccc1S(=O)(=O)[O-]. The Morgan fingerprint density at radius 3 is 2.09 bits per heavy atom. The molecule has 1 N–H and O–H groups in total. The van der Waals surface area contributed by atoms with Gasteiger partial charge in [-0.25, -0.2) is 16.8 Å². The first-order chi connectivity index (χ1) is 10.5. The lowest BCUT2D eigenvalue weighted by Crippen LogP contribution is -2.11. The van der Waals surface area contributed by atoms with Crippen molar-refractivity contribution in [3.63, 3.8) is 0 Å². The largest absolute Gasteiger partial charge is 0.744 e. The van der Waals surface area contributed by atoms with Gasteiger partial charge in [0.2, 0.25) is 9.84 Å². The van der Waals surface area contributed by atoms with Gasteiger partial charge < -0.3 is 9.66 Å². The predicted octanol–water partition coefficient (Wildman–Crippen LogP) is 1.04. The number of para-hydroxylation sites is 1. The Morgan fingerprint density at radius 1 is 0.913 bits per heavy atom. The number of benzene rings is 2. The number of phenols is 1. The smallest absolute Gasteiger partial charge is 0.288 e. The second kappa shape index (κ2) is 5.61. The molecule has 0 spiro atoms. The van der Waals surface area contributed by atoms with Gasteiger partial charge in [-0.3, -0.25) is 10.1 Å². The molecule has 0 bridgehead atoms. The number of nitro groups is 1. The van der Waals surface area contributed by atoms with Gasteiger partial charge in [-0.2, -0.15) is 0 Å². The van der Waals surface area contributed by atoms with E-state index in [1.165, 1.54) is 12.1 Å². The van der Waals surface area contributed by atoms with Crippen LogP contribution in [0, 0.1) is 10.1 Å². The first kappa shape index (κ1) is 16.9. The van der Waals surface area contributed by atoms with Crippen molar-refractivity contribution in [3.8, 4) is 5.75 Å². The highest BCUT2D eigenvalue weighted by molar-refractivity contribution is 7.93. The number of aromatic hydroxyl groups is 1. The zero-order valence-corrected chi connectivity index (χ0v) is 12.7. The fraction of sp³-hybridized carbons (Fsp3) is 0. The van der Waals surface area contributed by atoms with Crippen molar-refractivity contribution in [3.05, 3.63) is 52.6 Å². The summed E-state index contributed by atoms with van der Waals surface area (Å²) in [5, 5.41) is 20.4. The molecule has 2 rings (SSSR count). The number of rotatable bonds is 4. The first-order valence-corrected chi connectivity index (χ1v) is 8.71. The minimum absolute atomic E-state index is 0.552. The van der Waals surface area contributed by atoms with Crippen LogP contribution in [0.3, 0.4) is 0 Å². The molecule has 11 heteroatoms. The summed E-state index contributed by atoms with van der Waals surface area (Å²) >= 11 is 0. The summed E-state index contributed by atoms with van der Waals surface area (Å²) in [7, 11) is -9.92. The Morgan fingerprint density at radius 2 is 1.52 bits per heavy atom. The van der Waals surface area contributed by atoms with Crippen molar-refractivity contribution in [2.45, 2.75) is 14.7 Å². The van der Waals surface area contributed by atoms with E-state index in [0.29, 0.717) is 12.1 Å². The monoisotopic (exact) mass is 358 g/mol. The summed E-state index contributed by atoms with van der Waals surface area (Å²) < 4.78 is 58.8. The molecule has 0 aromatic heterocycles. The van der Waals surface area contributed by atoms with Crippen LogP contribution in [0.4, 0.5) is 5.69 Å². The third-order valence-electron chi connectivity index (χ3n) is 2.84. The number of sulfone groups is 1. The van der Waals surface area contributed by atoms with Crippen LogP contribution >= 0.6 is 0 Å². The van der Waals surface area contributed by atoms with Gasteiger partial charge in [0, 0.05) is 12.1 Å². The molecule has 2 aromatic carbocycles. The summed E-state index contributed by atoms with van der Waals surface area (Å²) in [6.07, 6.45) is 0. The summed E-state index contributed by atoms with van der Waals surface area (Å²) in [4.78, 5) is 7.08. The van der Waals surface area contributed by atoms with Crippen LogP contribution in [0.15, 0.2) is 57.2 Å². The Balaban J connectivity index is 2.87. The highest BCUT2D eigenvalue weighted by atomic mass is 32.2. The van der Waals surface area contributed by atoms with Gasteiger partial charge in [0.25, 0.3) is 5.69 Å². The average molecular weight is 358 g/mol. The van der Waals surface area contributed by atoms with E-state index in [-0.39, 0.29) is 0 Å². The summed E-state index contributed by atoms with van der Waals surface area (Å²) in [6.45, 7) is 0. The van der Waals surface area contributed by atoms with E-state index >= 15 is 0 Å². The number of hydrogen-bond acceptors (Lipinski definition) is 8. The van der Waals surface area contributed by atoms with E-state index in [1.807, 2.05) is 0 Å².